The number of anilines is 1. The Morgan fingerprint density at radius 3 is 2.64 bits per heavy atom. The molecular formula is C19H14NO3S2-. The zero-order valence-corrected chi connectivity index (χ0v) is 15.2. The van der Waals surface area contributed by atoms with E-state index in [0.717, 1.165) is 16.7 Å². The number of benzene rings is 2. The maximum atomic E-state index is 12.8. The molecule has 1 heterocycles. The number of hydrogen-bond acceptors (Lipinski definition) is 5. The summed E-state index contributed by atoms with van der Waals surface area (Å²) in [6, 6.07) is 12.3. The number of carboxylic acids is 1. The molecule has 0 bridgehead atoms. The van der Waals surface area contributed by atoms with Crippen molar-refractivity contribution in [2.24, 2.45) is 0 Å². The molecular weight excluding hydrogens is 354 g/mol. The Balaban J connectivity index is 2.00. The van der Waals surface area contributed by atoms with Crippen molar-refractivity contribution in [3.05, 3.63) is 69.6 Å². The van der Waals surface area contributed by atoms with Crippen LogP contribution >= 0.6 is 24.0 Å². The van der Waals surface area contributed by atoms with Crippen LogP contribution in [-0.2, 0) is 4.79 Å². The van der Waals surface area contributed by atoms with Crippen LogP contribution in [0.25, 0.3) is 6.08 Å². The molecule has 0 atom stereocenters. The highest BCUT2D eigenvalue weighted by atomic mass is 32.2. The van der Waals surface area contributed by atoms with Gasteiger partial charge in [0.25, 0.3) is 5.91 Å². The van der Waals surface area contributed by atoms with Crippen LogP contribution < -0.4 is 10.0 Å². The van der Waals surface area contributed by atoms with Gasteiger partial charge >= 0.3 is 0 Å². The van der Waals surface area contributed by atoms with Crippen molar-refractivity contribution < 1.29 is 14.7 Å². The Bertz CT molecular complexity index is 934. The first-order valence-electron chi connectivity index (χ1n) is 7.53. The molecule has 126 valence electrons. The van der Waals surface area contributed by atoms with Gasteiger partial charge < -0.3 is 9.90 Å². The molecule has 4 nitrogen and oxygen atoms in total. The first-order chi connectivity index (χ1) is 11.9. The van der Waals surface area contributed by atoms with Gasteiger partial charge in [-0.1, -0.05) is 65.9 Å². The van der Waals surface area contributed by atoms with Crippen LogP contribution in [-0.4, -0.2) is 16.2 Å². The van der Waals surface area contributed by atoms with Gasteiger partial charge in [0.05, 0.1) is 16.6 Å². The number of carbonyl (C=O) groups excluding carboxylic acids is 2. The summed E-state index contributed by atoms with van der Waals surface area (Å²) in [6.45, 7) is 3.79. The van der Waals surface area contributed by atoms with E-state index in [-0.39, 0.29) is 11.5 Å². The number of hydrogen-bond donors (Lipinski definition) is 0. The summed E-state index contributed by atoms with van der Waals surface area (Å²) < 4.78 is 0.377. The third kappa shape index (κ3) is 3.50. The van der Waals surface area contributed by atoms with Crippen molar-refractivity contribution in [2.45, 2.75) is 13.8 Å². The van der Waals surface area contributed by atoms with E-state index < -0.39 is 5.97 Å². The second-order valence-electron chi connectivity index (χ2n) is 5.72. The normalized spacial score (nSPS) is 15.9. The first-order valence-corrected chi connectivity index (χ1v) is 8.76. The van der Waals surface area contributed by atoms with Gasteiger partial charge in [0, 0.05) is 0 Å². The Kier molecular flexibility index (Phi) is 4.74. The van der Waals surface area contributed by atoms with Crippen LogP contribution in [0.15, 0.2) is 47.4 Å². The maximum Gasteiger partial charge on any atom is 0.270 e. The molecule has 0 unspecified atom stereocenters. The van der Waals surface area contributed by atoms with Crippen LogP contribution in [0.1, 0.15) is 27.0 Å². The Morgan fingerprint density at radius 2 is 1.96 bits per heavy atom. The molecule has 0 spiro atoms. The molecule has 2 aromatic rings. The molecule has 3 rings (SSSR count). The number of thiocarbonyl (C=S) groups is 1. The fourth-order valence-electron chi connectivity index (χ4n) is 2.56. The molecule has 1 amide bonds. The Morgan fingerprint density at radius 1 is 1.20 bits per heavy atom. The molecule has 2 aromatic carbocycles. The number of amides is 1. The highest BCUT2D eigenvalue weighted by molar-refractivity contribution is 8.27. The predicted octanol–water partition coefficient (Wildman–Crippen LogP) is 3.07. The first kappa shape index (κ1) is 17.4. The van der Waals surface area contributed by atoms with Gasteiger partial charge in [-0.15, -0.1) is 0 Å². The van der Waals surface area contributed by atoms with Crippen LogP contribution in [0, 0.1) is 13.8 Å². The topological polar surface area (TPSA) is 60.4 Å². The number of rotatable bonds is 3. The second-order valence-corrected chi connectivity index (χ2v) is 7.40. The molecule has 1 saturated heterocycles. The second kappa shape index (κ2) is 6.82. The van der Waals surface area contributed by atoms with E-state index in [2.05, 4.69) is 0 Å². The molecule has 25 heavy (non-hydrogen) atoms. The lowest BCUT2D eigenvalue weighted by atomic mass is 10.1. The van der Waals surface area contributed by atoms with Gasteiger partial charge in [0.1, 0.15) is 0 Å². The van der Waals surface area contributed by atoms with Crippen LogP contribution in [0.3, 0.4) is 0 Å². The van der Waals surface area contributed by atoms with Crippen molar-refractivity contribution in [1.29, 1.82) is 0 Å². The minimum atomic E-state index is -1.29. The van der Waals surface area contributed by atoms with Crippen molar-refractivity contribution in [1.82, 2.24) is 0 Å². The summed E-state index contributed by atoms with van der Waals surface area (Å²) in [6.07, 6.45) is 1.80. The zero-order valence-electron chi connectivity index (χ0n) is 13.6. The molecule has 1 fully saturated rings. The Hall–Kier alpha value is -2.44. The summed E-state index contributed by atoms with van der Waals surface area (Å²) in [5.74, 6) is -1.54. The van der Waals surface area contributed by atoms with Crippen LogP contribution in [0.4, 0.5) is 5.69 Å². The van der Waals surface area contributed by atoms with Gasteiger partial charge in [-0.2, -0.15) is 0 Å². The summed E-state index contributed by atoms with van der Waals surface area (Å²) in [4.78, 5) is 25.8. The van der Waals surface area contributed by atoms with Crippen molar-refractivity contribution >= 4 is 51.9 Å². The van der Waals surface area contributed by atoms with E-state index in [4.69, 9.17) is 12.2 Å². The van der Waals surface area contributed by atoms with Gasteiger partial charge in [-0.3, -0.25) is 9.69 Å². The molecule has 0 radical (unpaired) electrons. The lowest BCUT2D eigenvalue weighted by molar-refractivity contribution is -0.255. The fraction of sp³-hybridized carbons (Fsp3) is 0.105. The average molecular weight is 368 g/mol. The third-order valence-electron chi connectivity index (χ3n) is 3.82. The number of aromatic carboxylic acids is 1. The molecule has 0 saturated carbocycles. The summed E-state index contributed by atoms with van der Waals surface area (Å²) in [5, 5.41) is 11.1. The van der Waals surface area contributed by atoms with Gasteiger partial charge in [-0.25, -0.2) is 0 Å². The zero-order chi connectivity index (χ0) is 18.1. The van der Waals surface area contributed by atoms with E-state index in [1.165, 1.54) is 28.8 Å². The van der Waals surface area contributed by atoms with Crippen molar-refractivity contribution in [3.63, 3.8) is 0 Å². The largest absolute Gasteiger partial charge is 0.545 e. The van der Waals surface area contributed by atoms with E-state index >= 15 is 0 Å². The van der Waals surface area contributed by atoms with Gasteiger partial charge in [0.15, 0.2) is 4.32 Å². The van der Waals surface area contributed by atoms with Crippen molar-refractivity contribution in [3.8, 4) is 0 Å². The van der Waals surface area contributed by atoms with E-state index in [0.29, 0.717) is 14.9 Å². The molecule has 0 aromatic heterocycles. The highest BCUT2D eigenvalue weighted by Gasteiger charge is 2.34. The number of aryl methyl sites for hydroxylation is 2. The van der Waals surface area contributed by atoms with Crippen LogP contribution in [0.2, 0.25) is 0 Å². The fourth-order valence-corrected chi connectivity index (χ4v) is 3.85. The molecule has 0 aliphatic carbocycles. The number of nitrogens with zero attached hydrogens (tertiary/aromatic N) is 1. The minimum Gasteiger partial charge on any atom is -0.545 e. The average Bonchev–Trinajstić information content (AvgIpc) is 2.82. The van der Waals surface area contributed by atoms with E-state index in [1.807, 2.05) is 31.2 Å². The molecule has 6 heteroatoms. The van der Waals surface area contributed by atoms with Crippen LogP contribution in [0.5, 0.6) is 0 Å². The smallest absolute Gasteiger partial charge is 0.270 e. The quantitative estimate of drug-likeness (QED) is 0.615. The Labute approximate surface area is 155 Å². The molecule has 1 aliphatic rings. The van der Waals surface area contributed by atoms with E-state index in [9.17, 15) is 14.7 Å². The minimum absolute atomic E-state index is 0.0114. The monoisotopic (exact) mass is 368 g/mol. The standard InChI is InChI=1S/C19H15NO3S2/c1-11-4-3-5-13(8-11)9-16-17(21)20(19(24)25-16)15-10-14(18(22)23)7-6-12(15)2/h3-10H,1-2H3,(H,22,23)/p-1/b16-9-. The molecule has 0 N–H and O–H groups in total. The van der Waals surface area contributed by atoms with E-state index in [1.54, 1.807) is 19.1 Å². The lowest BCUT2D eigenvalue weighted by Gasteiger charge is -2.18. The lowest BCUT2D eigenvalue weighted by Crippen LogP contribution is -2.29. The van der Waals surface area contributed by atoms with Gasteiger partial charge in [0.2, 0.25) is 0 Å². The summed E-state index contributed by atoms with van der Waals surface area (Å²) >= 11 is 6.56. The SMILES string of the molecule is Cc1cccc(/C=C2\SC(=S)N(c3cc(C(=O)[O-])ccc3C)C2=O)c1. The molecule has 1 aliphatic heterocycles. The number of carboxylic acid groups (broad SMARTS) is 1. The number of thioether (sulfide) groups is 1. The summed E-state index contributed by atoms with van der Waals surface area (Å²) in [5.41, 5.74) is 3.26. The highest BCUT2D eigenvalue weighted by Crippen LogP contribution is 2.37. The summed E-state index contributed by atoms with van der Waals surface area (Å²) in [7, 11) is 0. The predicted molar refractivity (Wildman–Crippen MR) is 102 cm³/mol. The number of carbonyl (C=O) groups is 2. The maximum absolute atomic E-state index is 12.8. The van der Waals surface area contributed by atoms with Gasteiger partial charge in [-0.05, 0) is 42.7 Å². The third-order valence-corrected chi connectivity index (χ3v) is 5.12. The van der Waals surface area contributed by atoms with Crippen molar-refractivity contribution in [2.75, 3.05) is 4.90 Å².